The molecule has 1 aromatic heterocycles. The molecule has 2 fully saturated rings. The van der Waals surface area contributed by atoms with Crippen LogP contribution in [-0.4, -0.2) is 47.9 Å². The van der Waals surface area contributed by atoms with Gasteiger partial charge in [-0.15, -0.1) is 0 Å². The first kappa shape index (κ1) is 31.1. The van der Waals surface area contributed by atoms with E-state index in [1.54, 1.807) is 18.3 Å². The van der Waals surface area contributed by atoms with Gasteiger partial charge in [-0.2, -0.15) is 0 Å². The summed E-state index contributed by atoms with van der Waals surface area (Å²) in [4.78, 5) is 20.1. The lowest BCUT2D eigenvalue weighted by molar-refractivity contribution is -0.139. The lowest BCUT2D eigenvalue weighted by atomic mass is 9.82. The van der Waals surface area contributed by atoms with Crippen LogP contribution < -0.4 is 4.74 Å². The largest absolute Gasteiger partial charge is 0.495 e. The van der Waals surface area contributed by atoms with Gasteiger partial charge in [0.2, 0.25) is 0 Å². The van der Waals surface area contributed by atoms with Crippen molar-refractivity contribution in [3.8, 4) is 11.4 Å². The van der Waals surface area contributed by atoms with E-state index in [-0.39, 0.29) is 28.7 Å². The van der Waals surface area contributed by atoms with E-state index in [2.05, 4.69) is 38.8 Å². The van der Waals surface area contributed by atoms with Gasteiger partial charge in [0.25, 0.3) is 5.91 Å². The van der Waals surface area contributed by atoms with Crippen LogP contribution in [0.25, 0.3) is 11.8 Å². The molecule has 3 heterocycles. The molecule has 1 amide bonds. The number of nitrogens with zero attached hydrogens (tertiary/aromatic N) is 3. The van der Waals surface area contributed by atoms with Crippen molar-refractivity contribution < 1.29 is 27.1 Å². The van der Waals surface area contributed by atoms with Crippen molar-refractivity contribution in [2.24, 2.45) is 0 Å². The predicted molar refractivity (Wildman–Crippen MR) is 163 cm³/mol. The third-order valence-corrected chi connectivity index (χ3v) is 13.7. The van der Waals surface area contributed by atoms with Gasteiger partial charge in [-0.3, -0.25) is 4.79 Å². The Morgan fingerprint density at radius 1 is 1.07 bits per heavy atom. The Bertz CT molecular complexity index is 1540. The number of halogens is 3. The molecular formula is C33H40F3N3O3Si. The number of aryl methyl sites for hydroxylation is 1. The Labute approximate surface area is 252 Å². The van der Waals surface area contributed by atoms with Crippen molar-refractivity contribution in [2.45, 2.75) is 89.7 Å². The van der Waals surface area contributed by atoms with E-state index < -0.39 is 31.8 Å². The molecule has 3 aromatic rings. The first-order chi connectivity index (χ1) is 20.2. The summed E-state index contributed by atoms with van der Waals surface area (Å²) in [7, 11) is -0.574. The number of benzene rings is 2. The van der Waals surface area contributed by atoms with Crippen LogP contribution in [0.5, 0.6) is 5.75 Å². The maximum atomic E-state index is 14.5. The van der Waals surface area contributed by atoms with E-state index >= 15 is 0 Å². The third-order valence-electron chi connectivity index (χ3n) is 9.20. The van der Waals surface area contributed by atoms with Crippen molar-refractivity contribution >= 4 is 20.3 Å². The Morgan fingerprint density at radius 3 is 2.37 bits per heavy atom. The van der Waals surface area contributed by atoms with Crippen molar-refractivity contribution in [1.82, 2.24) is 14.5 Å². The van der Waals surface area contributed by atoms with Gasteiger partial charge in [0.1, 0.15) is 5.75 Å². The number of imidazole rings is 1. The summed E-state index contributed by atoms with van der Waals surface area (Å²) in [5, 5.41) is -0.0285. The fourth-order valence-corrected chi connectivity index (χ4v) is 7.31. The minimum atomic E-state index is -2.17. The second-order valence-electron chi connectivity index (χ2n) is 13.2. The molecule has 230 valence electrons. The highest BCUT2D eigenvalue weighted by atomic mass is 28.4. The van der Waals surface area contributed by atoms with Gasteiger partial charge in [-0.1, -0.05) is 26.8 Å². The average Bonchev–Trinajstić information content (AvgIpc) is 3.37. The molecule has 5 rings (SSSR count). The van der Waals surface area contributed by atoms with Gasteiger partial charge < -0.3 is 18.6 Å². The highest BCUT2D eigenvalue weighted by Crippen LogP contribution is 2.45. The number of ether oxygens (including phenoxy) is 1. The lowest BCUT2D eigenvalue weighted by Gasteiger charge is -2.50. The number of methoxy groups -OCH3 is 1. The number of piperidine rings is 2. The highest BCUT2D eigenvalue weighted by Gasteiger charge is 2.46. The molecule has 2 aliphatic heterocycles. The lowest BCUT2D eigenvalue weighted by Crippen LogP contribution is -2.55. The molecule has 2 saturated heterocycles. The number of hydrogen-bond acceptors (Lipinski definition) is 4. The van der Waals surface area contributed by atoms with Crippen molar-refractivity contribution in [3.63, 3.8) is 0 Å². The highest BCUT2D eigenvalue weighted by molar-refractivity contribution is 6.74. The summed E-state index contributed by atoms with van der Waals surface area (Å²) in [5.74, 6) is -3.60. The molecule has 3 atom stereocenters. The smallest absolute Gasteiger partial charge is 0.250 e. The van der Waals surface area contributed by atoms with Crippen LogP contribution in [0.15, 0.2) is 48.4 Å². The Balaban J connectivity index is 1.48. The summed E-state index contributed by atoms with van der Waals surface area (Å²) in [6, 6.07) is 6.91. The number of carbonyl (C=O) groups excluding carboxylic acids is 1. The molecule has 0 spiro atoms. The molecule has 0 N–H and O–H groups in total. The number of rotatable bonds is 6. The molecule has 10 heteroatoms. The standard InChI is InChI=1S/C33H40F3N3O3Si/c1-20-18-38(19-37-20)28-11-8-21(13-30(28)41-5)12-22-9-10-24-16-25(42-43(6,7)33(2,3)4)17-29(39(24)32(22)40)23-14-26(34)31(36)27(35)15-23/h8,11-15,18-19,24-25,29H,9-10,16-17H2,1-7H3/t24-,25+,29-/m0/s1. The summed E-state index contributed by atoms with van der Waals surface area (Å²) in [6.45, 7) is 12.7. The van der Waals surface area contributed by atoms with E-state index in [1.165, 1.54) is 0 Å². The summed E-state index contributed by atoms with van der Waals surface area (Å²) in [5.41, 5.74) is 3.34. The zero-order chi connectivity index (χ0) is 31.3. The van der Waals surface area contributed by atoms with Crippen molar-refractivity contribution in [1.29, 1.82) is 0 Å². The number of fused-ring (bicyclic) bond motifs is 1. The predicted octanol–water partition coefficient (Wildman–Crippen LogP) is 7.91. The van der Waals surface area contributed by atoms with Crippen LogP contribution in [0.2, 0.25) is 18.1 Å². The maximum Gasteiger partial charge on any atom is 0.250 e. The van der Waals surface area contributed by atoms with Gasteiger partial charge in [0.15, 0.2) is 25.8 Å². The number of aromatic nitrogens is 2. The molecule has 0 bridgehead atoms. The molecule has 6 nitrogen and oxygen atoms in total. The first-order valence-corrected chi connectivity index (χ1v) is 17.6. The monoisotopic (exact) mass is 611 g/mol. The quantitative estimate of drug-likeness (QED) is 0.162. The minimum absolute atomic E-state index is 0.0285. The zero-order valence-electron chi connectivity index (χ0n) is 25.9. The fraction of sp³-hybridized carbons (Fsp3) is 0.455. The van der Waals surface area contributed by atoms with Crippen LogP contribution in [0.3, 0.4) is 0 Å². The molecule has 2 aliphatic rings. The van der Waals surface area contributed by atoms with E-state index in [9.17, 15) is 18.0 Å². The third kappa shape index (κ3) is 6.17. The van der Waals surface area contributed by atoms with Crippen molar-refractivity contribution in [2.75, 3.05) is 7.11 Å². The van der Waals surface area contributed by atoms with Gasteiger partial charge in [-0.25, -0.2) is 18.2 Å². The molecule has 0 aliphatic carbocycles. The van der Waals surface area contributed by atoms with E-state index in [4.69, 9.17) is 9.16 Å². The summed E-state index contributed by atoms with van der Waals surface area (Å²) < 4.78 is 57.2. The van der Waals surface area contributed by atoms with Crippen LogP contribution in [-0.2, 0) is 9.22 Å². The van der Waals surface area contributed by atoms with Crippen LogP contribution >= 0.6 is 0 Å². The SMILES string of the molecule is COc1cc(C=C2CC[C@H]3C[C@@H](O[Si](C)(C)C(C)(C)C)C[C@@H](c4cc(F)c(F)c(F)c4)N3C2=O)ccc1-n1cnc(C)c1. The Morgan fingerprint density at radius 2 is 1.77 bits per heavy atom. The average molecular weight is 612 g/mol. The second kappa shape index (κ2) is 11.6. The first-order valence-electron chi connectivity index (χ1n) is 14.7. The molecule has 0 radical (unpaired) electrons. The van der Waals surface area contributed by atoms with Gasteiger partial charge in [0.05, 0.1) is 30.9 Å². The zero-order valence-corrected chi connectivity index (χ0v) is 26.9. The van der Waals surface area contributed by atoms with Gasteiger partial charge >= 0.3 is 0 Å². The van der Waals surface area contributed by atoms with Gasteiger partial charge in [0, 0.05) is 23.9 Å². The minimum Gasteiger partial charge on any atom is -0.495 e. The summed E-state index contributed by atoms with van der Waals surface area (Å²) in [6.07, 6.45) is 7.53. The van der Waals surface area contributed by atoms with Gasteiger partial charge in [-0.05, 0) is 92.2 Å². The molecule has 0 saturated carbocycles. The number of hydrogen-bond donors (Lipinski definition) is 0. The molecular weight excluding hydrogens is 571 g/mol. The number of amides is 1. The van der Waals surface area contributed by atoms with E-state index in [1.807, 2.05) is 42.0 Å². The summed E-state index contributed by atoms with van der Waals surface area (Å²) >= 11 is 0. The maximum absolute atomic E-state index is 14.5. The molecule has 2 aromatic carbocycles. The normalized spacial score (nSPS) is 22.2. The molecule has 0 unspecified atom stereocenters. The molecule has 43 heavy (non-hydrogen) atoms. The van der Waals surface area contributed by atoms with Crippen LogP contribution in [0.4, 0.5) is 13.2 Å². The second-order valence-corrected chi connectivity index (χ2v) is 18.0. The Hall–Kier alpha value is -3.37. The number of carbonyl (C=O) groups is 1. The van der Waals surface area contributed by atoms with Crippen LogP contribution in [0.1, 0.15) is 69.3 Å². The van der Waals surface area contributed by atoms with E-state index in [0.29, 0.717) is 37.0 Å². The topological polar surface area (TPSA) is 56.6 Å². The Kier molecular flexibility index (Phi) is 8.39. The van der Waals surface area contributed by atoms with Crippen molar-refractivity contribution in [3.05, 3.63) is 82.7 Å². The fourth-order valence-electron chi connectivity index (χ4n) is 5.93. The van der Waals surface area contributed by atoms with Crippen LogP contribution in [0, 0.1) is 24.4 Å². The van der Waals surface area contributed by atoms with E-state index in [0.717, 1.165) is 29.1 Å².